The fourth-order valence-corrected chi connectivity index (χ4v) is 4.51. The maximum atomic E-state index is 12.8. The van der Waals surface area contributed by atoms with Gasteiger partial charge in [-0.1, -0.05) is 12.1 Å². The second-order valence-electron chi connectivity index (χ2n) is 8.99. The molecular weight excluding hydrogens is 370 g/mol. The Morgan fingerprint density at radius 1 is 1.14 bits per heavy atom. The molecule has 0 spiro atoms. The minimum Gasteiger partial charge on any atom is -0.444 e. The van der Waals surface area contributed by atoms with E-state index >= 15 is 0 Å². The number of aromatic nitrogens is 1. The van der Waals surface area contributed by atoms with Crippen LogP contribution in [0.15, 0.2) is 35.3 Å². The van der Waals surface area contributed by atoms with E-state index in [1.54, 1.807) is 12.1 Å². The van der Waals surface area contributed by atoms with Crippen LogP contribution in [0, 0.1) is 0 Å². The summed E-state index contributed by atoms with van der Waals surface area (Å²) in [4.78, 5) is 42.9. The van der Waals surface area contributed by atoms with Crippen LogP contribution in [0.1, 0.15) is 56.8 Å². The highest BCUT2D eigenvalue weighted by atomic mass is 16.6. The predicted molar refractivity (Wildman–Crippen MR) is 110 cm³/mol. The van der Waals surface area contributed by atoms with Gasteiger partial charge in [0.2, 0.25) is 5.43 Å². The first-order valence-corrected chi connectivity index (χ1v) is 10.2. The monoisotopic (exact) mass is 397 g/mol. The quantitative estimate of drug-likeness (QED) is 0.814. The summed E-state index contributed by atoms with van der Waals surface area (Å²) in [6.07, 6.45) is 4.37. The Labute approximate surface area is 169 Å². The molecule has 29 heavy (non-hydrogen) atoms. The van der Waals surface area contributed by atoms with Crippen LogP contribution < -0.4 is 10.7 Å². The molecular formula is C22H27N3O4. The lowest BCUT2D eigenvalue weighted by Crippen LogP contribution is -2.53. The van der Waals surface area contributed by atoms with Crippen molar-refractivity contribution in [3.05, 3.63) is 46.2 Å². The number of hydrogen-bond acceptors (Lipinski definition) is 4. The number of piperidine rings is 1. The van der Waals surface area contributed by atoms with Gasteiger partial charge < -0.3 is 19.9 Å². The summed E-state index contributed by atoms with van der Waals surface area (Å²) in [7, 11) is 0. The van der Waals surface area contributed by atoms with Crippen LogP contribution in [-0.4, -0.2) is 45.6 Å². The van der Waals surface area contributed by atoms with Crippen molar-refractivity contribution in [3.63, 3.8) is 0 Å². The van der Waals surface area contributed by atoms with Gasteiger partial charge in [-0.3, -0.25) is 9.59 Å². The van der Waals surface area contributed by atoms with Gasteiger partial charge in [0, 0.05) is 35.2 Å². The molecule has 2 unspecified atom stereocenters. The second kappa shape index (κ2) is 7.21. The lowest BCUT2D eigenvalue weighted by Gasteiger charge is -2.39. The number of aromatic amines is 1. The fraction of sp³-hybridized carbons (Fsp3) is 0.500. The van der Waals surface area contributed by atoms with Crippen molar-refractivity contribution in [1.82, 2.24) is 15.2 Å². The van der Waals surface area contributed by atoms with Crippen molar-refractivity contribution >= 4 is 22.9 Å². The van der Waals surface area contributed by atoms with Crippen molar-refractivity contribution < 1.29 is 14.3 Å². The number of rotatable bonds is 2. The smallest absolute Gasteiger partial charge is 0.410 e. The molecule has 1 aromatic carbocycles. The van der Waals surface area contributed by atoms with Gasteiger partial charge in [-0.05, 0) is 58.6 Å². The summed E-state index contributed by atoms with van der Waals surface area (Å²) in [6, 6.07) is 7.19. The standard InChI is InChI=1S/C22H27N3O4/c1-22(2,3)29-21(28)25-14-8-9-15(25)11-13(10-14)24-20(27)17-12-23-18-7-5-4-6-16(18)19(17)26/h4-7,12-15H,8-11H2,1-3H3,(H,23,26)(H,24,27). The number of benzene rings is 1. The third kappa shape index (κ3) is 3.86. The van der Waals surface area contributed by atoms with Crippen molar-refractivity contribution in [2.45, 2.75) is 70.2 Å². The Kier molecular flexibility index (Phi) is 4.84. The summed E-state index contributed by atoms with van der Waals surface area (Å²) in [5.74, 6) is -0.368. The number of carbonyl (C=O) groups is 2. The van der Waals surface area contributed by atoms with Gasteiger partial charge in [0.15, 0.2) is 0 Å². The average molecular weight is 397 g/mol. The third-order valence-electron chi connectivity index (χ3n) is 5.71. The first-order valence-electron chi connectivity index (χ1n) is 10.2. The molecule has 2 bridgehead atoms. The van der Waals surface area contributed by atoms with E-state index in [1.807, 2.05) is 37.8 Å². The molecule has 2 aromatic rings. The Morgan fingerprint density at radius 2 is 1.79 bits per heavy atom. The number of nitrogens with zero attached hydrogens (tertiary/aromatic N) is 1. The fourth-order valence-electron chi connectivity index (χ4n) is 4.51. The zero-order valence-corrected chi connectivity index (χ0v) is 17.0. The highest BCUT2D eigenvalue weighted by Gasteiger charge is 2.45. The molecule has 2 saturated heterocycles. The molecule has 7 nitrogen and oxygen atoms in total. The maximum Gasteiger partial charge on any atom is 0.410 e. The van der Waals surface area contributed by atoms with E-state index in [9.17, 15) is 14.4 Å². The summed E-state index contributed by atoms with van der Waals surface area (Å²) in [5.41, 5.74) is 0.0213. The van der Waals surface area contributed by atoms with E-state index in [-0.39, 0.29) is 41.1 Å². The number of fused-ring (bicyclic) bond motifs is 3. The molecule has 2 aliphatic rings. The van der Waals surface area contributed by atoms with Gasteiger partial charge in [-0.25, -0.2) is 4.79 Å². The van der Waals surface area contributed by atoms with Gasteiger partial charge >= 0.3 is 6.09 Å². The van der Waals surface area contributed by atoms with Crippen LogP contribution in [-0.2, 0) is 4.74 Å². The van der Waals surface area contributed by atoms with Crippen molar-refractivity contribution in [2.75, 3.05) is 0 Å². The molecule has 1 aromatic heterocycles. The average Bonchev–Trinajstić information content (AvgIpc) is 2.92. The minimum absolute atomic E-state index is 0.0591. The number of nitrogens with one attached hydrogen (secondary N) is 2. The molecule has 0 radical (unpaired) electrons. The molecule has 2 amide bonds. The molecule has 2 aliphatic heterocycles. The lowest BCUT2D eigenvalue weighted by atomic mass is 9.97. The van der Waals surface area contributed by atoms with Gasteiger partial charge in [0.1, 0.15) is 11.2 Å². The number of ether oxygens (including phenoxy) is 1. The van der Waals surface area contributed by atoms with Crippen molar-refractivity contribution in [2.24, 2.45) is 0 Å². The van der Waals surface area contributed by atoms with Crippen LogP contribution >= 0.6 is 0 Å². The zero-order chi connectivity index (χ0) is 20.8. The van der Waals surface area contributed by atoms with E-state index in [2.05, 4.69) is 10.3 Å². The minimum atomic E-state index is -0.529. The van der Waals surface area contributed by atoms with Crippen molar-refractivity contribution in [1.29, 1.82) is 0 Å². The SMILES string of the molecule is CC(C)(C)OC(=O)N1C2CCC1CC(NC(=O)c1c[nH]c3ccccc3c1=O)C2. The largest absolute Gasteiger partial charge is 0.444 e. The topological polar surface area (TPSA) is 91.5 Å². The van der Waals surface area contributed by atoms with E-state index in [0.29, 0.717) is 23.7 Å². The van der Waals surface area contributed by atoms with Crippen molar-refractivity contribution in [3.8, 4) is 0 Å². The van der Waals surface area contributed by atoms with Gasteiger partial charge in [-0.2, -0.15) is 0 Å². The molecule has 2 N–H and O–H groups in total. The highest BCUT2D eigenvalue weighted by Crippen LogP contribution is 2.36. The Morgan fingerprint density at radius 3 is 2.45 bits per heavy atom. The van der Waals surface area contributed by atoms with E-state index in [1.165, 1.54) is 6.20 Å². The Hall–Kier alpha value is -2.83. The number of amides is 2. The highest BCUT2D eigenvalue weighted by molar-refractivity contribution is 5.97. The van der Waals surface area contributed by atoms with E-state index < -0.39 is 5.60 Å². The molecule has 2 fully saturated rings. The molecule has 4 rings (SSSR count). The zero-order valence-electron chi connectivity index (χ0n) is 17.0. The predicted octanol–water partition coefficient (Wildman–Crippen LogP) is 3.19. The number of H-pyrrole nitrogens is 1. The molecule has 7 heteroatoms. The van der Waals surface area contributed by atoms with Crippen LogP contribution in [0.3, 0.4) is 0 Å². The number of pyridine rings is 1. The second-order valence-corrected chi connectivity index (χ2v) is 8.99. The first-order chi connectivity index (χ1) is 13.7. The molecule has 0 aliphatic carbocycles. The Bertz CT molecular complexity index is 993. The van der Waals surface area contributed by atoms with Crippen LogP contribution in [0.25, 0.3) is 10.9 Å². The molecule has 2 atom stereocenters. The normalized spacial score (nSPS) is 23.8. The summed E-state index contributed by atoms with van der Waals surface area (Å²) in [5, 5.41) is 3.51. The summed E-state index contributed by atoms with van der Waals surface area (Å²) >= 11 is 0. The summed E-state index contributed by atoms with van der Waals surface area (Å²) < 4.78 is 5.55. The third-order valence-corrected chi connectivity index (χ3v) is 5.71. The first kappa shape index (κ1) is 19.5. The van der Waals surface area contributed by atoms with Crippen LogP contribution in [0.2, 0.25) is 0 Å². The maximum absolute atomic E-state index is 12.8. The van der Waals surface area contributed by atoms with E-state index in [4.69, 9.17) is 4.74 Å². The van der Waals surface area contributed by atoms with E-state index in [0.717, 1.165) is 12.8 Å². The van der Waals surface area contributed by atoms with Crippen LogP contribution in [0.5, 0.6) is 0 Å². The number of carbonyl (C=O) groups excluding carboxylic acids is 2. The Balaban J connectivity index is 1.46. The molecule has 0 saturated carbocycles. The van der Waals surface area contributed by atoms with Gasteiger partial charge in [0.25, 0.3) is 5.91 Å². The van der Waals surface area contributed by atoms with Gasteiger partial charge in [0.05, 0.1) is 0 Å². The number of para-hydroxylation sites is 1. The molecule has 3 heterocycles. The lowest BCUT2D eigenvalue weighted by molar-refractivity contribution is 0.00500. The summed E-state index contributed by atoms with van der Waals surface area (Å²) in [6.45, 7) is 5.59. The molecule has 154 valence electrons. The number of hydrogen-bond donors (Lipinski definition) is 2. The van der Waals surface area contributed by atoms with Crippen LogP contribution in [0.4, 0.5) is 4.79 Å². The van der Waals surface area contributed by atoms with Gasteiger partial charge in [-0.15, -0.1) is 0 Å².